The highest BCUT2D eigenvalue weighted by Crippen LogP contribution is 2.31. The van der Waals surface area contributed by atoms with Crippen LogP contribution in [0.2, 0.25) is 0 Å². The first-order valence-electron chi connectivity index (χ1n) is 8.99. The summed E-state index contributed by atoms with van der Waals surface area (Å²) in [6.07, 6.45) is -0.537. The molecule has 2 aromatic rings. The molecule has 146 valence electrons. The summed E-state index contributed by atoms with van der Waals surface area (Å²) in [5.74, 6) is -0.412. The summed E-state index contributed by atoms with van der Waals surface area (Å²) >= 11 is 1.56. The van der Waals surface area contributed by atoms with Gasteiger partial charge in [0, 0.05) is 22.8 Å². The predicted octanol–water partition coefficient (Wildman–Crippen LogP) is 3.92. The number of amides is 2. The Kier molecular flexibility index (Phi) is 6.04. The molecule has 0 aliphatic carbocycles. The predicted molar refractivity (Wildman–Crippen MR) is 110 cm³/mol. The number of hydrogen-bond acceptors (Lipinski definition) is 5. The second-order valence-electron chi connectivity index (χ2n) is 6.71. The molecular weight excluding hydrogens is 376 g/mol. The van der Waals surface area contributed by atoms with Crippen molar-refractivity contribution in [2.45, 2.75) is 38.2 Å². The molecule has 1 heterocycles. The molecule has 0 radical (unpaired) electrons. The topological polar surface area (TPSA) is 84.5 Å². The van der Waals surface area contributed by atoms with Crippen molar-refractivity contribution >= 4 is 40.9 Å². The Balaban J connectivity index is 1.66. The van der Waals surface area contributed by atoms with Crippen LogP contribution in [0.25, 0.3) is 0 Å². The molecular formula is C21H22N2O4S. The second kappa shape index (κ2) is 8.48. The Morgan fingerprint density at radius 1 is 1.18 bits per heavy atom. The first-order chi connectivity index (χ1) is 13.3. The number of ether oxygens (including phenoxy) is 1. The zero-order chi connectivity index (χ0) is 20.3. The number of carbonyl (C=O) groups is 3. The summed E-state index contributed by atoms with van der Waals surface area (Å²) in [4.78, 5) is 37.5. The SMILES string of the molecule is Cc1ccc(NC(=O)[C@H](C)OC(=O)c2ccc3c(c2)NC(=O)CCS3)c(C)c1. The minimum atomic E-state index is -0.962. The minimum Gasteiger partial charge on any atom is -0.449 e. The zero-order valence-electron chi connectivity index (χ0n) is 16.0. The lowest BCUT2D eigenvalue weighted by atomic mass is 10.1. The van der Waals surface area contributed by atoms with E-state index >= 15 is 0 Å². The number of hydrogen-bond donors (Lipinski definition) is 2. The number of nitrogens with one attached hydrogen (secondary N) is 2. The van der Waals surface area contributed by atoms with Gasteiger partial charge in [0.15, 0.2) is 6.10 Å². The van der Waals surface area contributed by atoms with E-state index in [1.165, 1.54) is 6.92 Å². The number of carbonyl (C=O) groups excluding carboxylic acids is 3. The van der Waals surface area contributed by atoms with Crippen LogP contribution < -0.4 is 10.6 Å². The average Bonchev–Trinajstić information content (AvgIpc) is 2.83. The number of thioether (sulfide) groups is 1. The molecule has 6 nitrogen and oxygen atoms in total. The standard InChI is InChI=1S/C21H22N2O4S/c1-12-4-6-16(13(2)10-12)23-20(25)14(3)27-21(26)15-5-7-18-17(11-15)22-19(24)8-9-28-18/h4-7,10-11,14H,8-9H2,1-3H3,(H,22,24)(H,23,25)/t14-/m0/s1. The van der Waals surface area contributed by atoms with Gasteiger partial charge in [-0.05, 0) is 50.6 Å². The lowest BCUT2D eigenvalue weighted by Gasteiger charge is -2.15. The summed E-state index contributed by atoms with van der Waals surface area (Å²) < 4.78 is 5.31. The van der Waals surface area contributed by atoms with Gasteiger partial charge in [-0.2, -0.15) is 0 Å². The highest BCUT2D eigenvalue weighted by Gasteiger charge is 2.21. The molecule has 0 saturated heterocycles. The summed E-state index contributed by atoms with van der Waals surface area (Å²) in [5, 5.41) is 5.57. The molecule has 2 N–H and O–H groups in total. The maximum absolute atomic E-state index is 12.5. The van der Waals surface area contributed by atoms with Gasteiger partial charge in [-0.3, -0.25) is 9.59 Å². The van der Waals surface area contributed by atoms with Crippen molar-refractivity contribution < 1.29 is 19.1 Å². The van der Waals surface area contributed by atoms with E-state index in [4.69, 9.17) is 4.74 Å². The third-order valence-electron chi connectivity index (χ3n) is 4.37. The van der Waals surface area contributed by atoms with E-state index in [2.05, 4.69) is 10.6 Å². The lowest BCUT2D eigenvalue weighted by molar-refractivity contribution is -0.123. The molecule has 0 fully saturated rings. The first-order valence-corrected chi connectivity index (χ1v) is 9.98. The summed E-state index contributed by atoms with van der Waals surface area (Å²) in [6, 6.07) is 10.7. The largest absolute Gasteiger partial charge is 0.449 e. The van der Waals surface area contributed by atoms with Crippen molar-refractivity contribution in [1.82, 2.24) is 0 Å². The highest BCUT2D eigenvalue weighted by atomic mass is 32.2. The fraction of sp³-hybridized carbons (Fsp3) is 0.286. The molecule has 3 rings (SSSR count). The molecule has 28 heavy (non-hydrogen) atoms. The monoisotopic (exact) mass is 398 g/mol. The van der Waals surface area contributed by atoms with E-state index in [1.54, 1.807) is 30.0 Å². The quantitative estimate of drug-likeness (QED) is 0.763. The Morgan fingerprint density at radius 3 is 2.71 bits per heavy atom. The molecule has 1 atom stereocenters. The number of anilines is 2. The van der Waals surface area contributed by atoms with Crippen molar-refractivity contribution in [2.75, 3.05) is 16.4 Å². The van der Waals surface area contributed by atoms with Gasteiger partial charge < -0.3 is 15.4 Å². The fourth-order valence-electron chi connectivity index (χ4n) is 2.82. The number of benzene rings is 2. The fourth-order valence-corrected chi connectivity index (χ4v) is 3.75. The average molecular weight is 398 g/mol. The molecule has 0 unspecified atom stereocenters. The third kappa shape index (κ3) is 4.72. The number of esters is 1. The number of fused-ring (bicyclic) bond motifs is 1. The molecule has 0 bridgehead atoms. The smallest absolute Gasteiger partial charge is 0.338 e. The maximum atomic E-state index is 12.5. The molecule has 7 heteroatoms. The van der Waals surface area contributed by atoms with Crippen LogP contribution in [0, 0.1) is 13.8 Å². The highest BCUT2D eigenvalue weighted by molar-refractivity contribution is 7.99. The van der Waals surface area contributed by atoms with Gasteiger partial charge in [0.2, 0.25) is 5.91 Å². The molecule has 0 saturated carbocycles. The van der Waals surface area contributed by atoms with Crippen LogP contribution >= 0.6 is 11.8 Å². The van der Waals surface area contributed by atoms with Crippen molar-refractivity contribution in [3.63, 3.8) is 0 Å². The Bertz CT molecular complexity index is 942. The maximum Gasteiger partial charge on any atom is 0.338 e. The van der Waals surface area contributed by atoms with Crippen LogP contribution in [0.5, 0.6) is 0 Å². The summed E-state index contributed by atoms with van der Waals surface area (Å²) in [5.41, 5.74) is 3.60. The van der Waals surface area contributed by atoms with Crippen LogP contribution in [-0.4, -0.2) is 29.6 Å². The normalized spacial score (nSPS) is 14.3. The number of rotatable bonds is 4. The Labute approximate surface area is 168 Å². The van der Waals surface area contributed by atoms with Crippen molar-refractivity contribution in [1.29, 1.82) is 0 Å². The van der Waals surface area contributed by atoms with Crippen LogP contribution in [-0.2, 0) is 14.3 Å². The number of aryl methyl sites for hydroxylation is 2. The van der Waals surface area contributed by atoms with Gasteiger partial charge in [0.05, 0.1) is 11.3 Å². The van der Waals surface area contributed by atoms with E-state index in [-0.39, 0.29) is 11.5 Å². The van der Waals surface area contributed by atoms with E-state index in [1.807, 2.05) is 32.0 Å². The molecule has 0 spiro atoms. The Morgan fingerprint density at radius 2 is 1.96 bits per heavy atom. The lowest BCUT2D eigenvalue weighted by Crippen LogP contribution is -2.30. The molecule has 2 amide bonds. The Hall–Kier alpha value is -2.80. The van der Waals surface area contributed by atoms with Gasteiger partial charge >= 0.3 is 5.97 Å². The second-order valence-corrected chi connectivity index (χ2v) is 7.85. The summed E-state index contributed by atoms with van der Waals surface area (Å²) in [6.45, 7) is 5.41. The molecule has 0 aromatic heterocycles. The zero-order valence-corrected chi connectivity index (χ0v) is 16.8. The van der Waals surface area contributed by atoms with Gasteiger partial charge in [0.25, 0.3) is 5.91 Å². The molecule has 1 aliphatic rings. The first kappa shape index (κ1) is 19.9. The minimum absolute atomic E-state index is 0.0852. The van der Waals surface area contributed by atoms with Crippen LogP contribution in [0.3, 0.4) is 0 Å². The van der Waals surface area contributed by atoms with Gasteiger partial charge in [-0.1, -0.05) is 17.7 Å². The molecule has 2 aromatic carbocycles. The van der Waals surface area contributed by atoms with Crippen molar-refractivity contribution in [3.05, 3.63) is 53.1 Å². The third-order valence-corrected chi connectivity index (χ3v) is 5.44. The van der Waals surface area contributed by atoms with Crippen molar-refractivity contribution in [2.24, 2.45) is 0 Å². The van der Waals surface area contributed by atoms with Gasteiger partial charge in [-0.25, -0.2) is 4.79 Å². The van der Waals surface area contributed by atoms with E-state index in [0.717, 1.165) is 16.0 Å². The van der Waals surface area contributed by atoms with E-state index in [9.17, 15) is 14.4 Å². The van der Waals surface area contributed by atoms with Crippen LogP contribution in [0.1, 0.15) is 34.8 Å². The van der Waals surface area contributed by atoms with E-state index < -0.39 is 18.0 Å². The van der Waals surface area contributed by atoms with Crippen molar-refractivity contribution in [3.8, 4) is 0 Å². The summed E-state index contributed by atoms with van der Waals surface area (Å²) in [7, 11) is 0. The molecule has 1 aliphatic heterocycles. The van der Waals surface area contributed by atoms with Crippen LogP contribution in [0.15, 0.2) is 41.3 Å². The van der Waals surface area contributed by atoms with Crippen LogP contribution in [0.4, 0.5) is 11.4 Å². The van der Waals surface area contributed by atoms with Gasteiger partial charge in [0.1, 0.15) is 0 Å². The van der Waals surface area contributed by atoms with Gasteiger partial charge in [-0.15, -0.1) is 11.8 Å². The van der Waals surface area contributed by atoms with E-state index in [0.29, 0.717) is 23.5 Å².